The average molecular weight is 549 g/mol. The highest BCUT2D eigenvalue weighted by Crippen LogP contribution is 2.33. The zero-order valence-corrected chi connectivity index (χ0v) is 21.6. The molecule has 186 valence electrons. The van der Waals surface area contributed by atoms with Crippen molar-refractivity contribution in [1.82, 2.24) is 34.8 Å². The molecule has 1 aromatic carbocycles. The Kier molecular flexibility index (Phi) is 5.54. The van der Waals surface area contributed by atoms with Crippen LogP contribution in [0.4, 0.5) is 23.1 Å². The summed E-state index contributed by atoms with van der Waals surface area (Å²) < 4.78 is 1.03. The number of nitrogens with one attached hydrogen (secondary N) is 4. The van der Waals surface area contributed by atoms with Crippen molar-refractivity contribution in [3.63, 3.8) is 0 Å². The normalized spacial score (nSPS) is 19.0. The van der Waals surface area contributed by atoms with Crippen LogP contribution in [0.1, 0.15) is 37.1 Å². The molecule has 1 saturated carbocycles. The monoisotopic (exact) mass is 548 g/mol. The molecule has 0 atom stereocenters. The lowest BCUT2D eigenvalue weighted by Gasteiger charge is -2.33. The fourth-order valence-electron chi connectivity index (χ4n) is 5.40. The second-order valence-electron chi connectivity index (χ2n) is 9.98. The average Bonchev–Trinajstić information content (AvgIpc) is 3.44. The van der Waals surface area contributed by atoms with E-state index >= 15 is 0 Å². The smallest absolute Gasteiger partial charge is 0.231 e. The number of nitrogens with zero attached hydrogens (tertiary/aromatic N) is 6. The number of hydrogen-bond donors (Lipinski definition) is 4. The molecule has 2 fully saturated rings. The number of aromatic amines is 2. The minimum Gasteiger partial charge on any atom is -0.381 e. The van der Waals surface area contributed by atoms with Crippen LogP contribution in [0.15, 0.2) is 35.3 Å². The largest absolute Gasteiger partial charge is 0.381 e. The second-order valence-corrected chi connectivity index (χ2v) is 10.8. The van der Waals surface area contributed by atoms with Gasteiger partial charge in [-0.2, -0.15) is 9.97 Å². The van der Waals surface area contributed by atoms with E-state index in [1.165, 1.54) is 38.8 Å². The molecule has 10 nitrogen and oxygen atoms in total. The Balaban J connectivity index is 1.07. The minimum atomic E-state index is 0.517. The first-order valence-corrected chi connectivity index (χ1v) is 13.5. The molecule has 0 spiro atoms. The number of hydrogen-bond acceptors (Lipinski definition) is 8. The quantitative estimate of drug-likeness (QED) is 0.283. The Morgan fingerprint density at radius 1 is 0.972 bits per heavy atom. The van der Waals surface area contributed by atoms with Gasteiger partial charge in [-0.15, -0.1) is 0 Å². The molecule has 0 unspecified atom stereocenters. The van der Waals surface area contributed by atoms with Crippen LogP contribution in [-0.4, -0.2) is 66.5 Å². The summed E-state index contributed by atoms with van der Waals surface area (Å²) in [5.74, 6) is 1.37. The van der Waals surface area contributed by atoms with Crippen LogP contribution in [0.5, 0.6) is 0 Å². The number of halogens is 1. The molecule has 0 radical (unpaired) electrons. The van der Waals surface area contributed by atoms with Crippen molar-refractivity contribution in [2.24, 2.45) is 0 Å². The van der Waals surface area contributed by atoms with Gasteiger partial charge in [0, 0.05) is 54.0 Å². The Bertz CT molecular complexity index is 1380. The van der Waals surface area contributed by atoms with Crippen LogP contribution in [0.25, 0.3) is 11.2 Å². The molecule has 3 aromatic heterocycles. The number of anilines is 4. The lowest BCUT2D eigenvalue weighted by atomic mass is 10.0. The molecular formula is C25H29BrN10. The molecule has 11 heteroatoms. The molecule has 36 heavy (non-hydrogen) atoms. The van der Waals surface area contributed by atoms with E-state index in [1.54, 1.807) is 12.7 Å². The van der Waals surface area contributed by atoms with E-state index in [1.807, 2.05) is 0 Å². The number of fused-ring (bicyclic) bond motifs is 2. The maximum Gasteiger partial charge on any atom is 0.231 e. The number of rotatable bonds is 6. The predicted molar refractivity (Wildman–Crippen MR) is 144 cm³/mol. The van der Waals surface area contributed by atoms with Crippen molar-refractivity contribution < 1.29 is 0 Å². The third kappa shape index (κ3) is 4.30. The summed E-state index contributed by atoms with van der Waals surface area (Å²) in [7, 11) is 0. The zero-order valence-electron chi connectivity index (χ0n) is 20.0. The maximum absolute atomic E-state index is 4.88. The Morgan fingerprint density at radius 2 is 1.83 bits per heavy atom. The van der Waals surface area contributed by atoms with Gasteiger partial charge in [-0.05, 0) is 59.8 Å². The van der Waals surface area contributed by atoms with E-state index in [0.29, 0.717) is 17.6 Å². The molecule has 0 bridgehead atoms. The summed E-state index contributed by atoms with van der Waals surface area (Å²) in [6.07, 6.45) is 9.48. The van der Waals surface area contributed by atoms with Crippen LogP contribution in [0.2, 0.25) is 0 Å². The van der Waals surface area contributed by atoms with Gasteiger partial charge >= 0.3 is 0 Å². The van der Waals surface area contributed by atoms with Crippen molar-refractivity contribution in [1.29, 1.82) is 0 Å². The maximum atomic E-state index is 4.88. The van der Waals surface area contributed by atoms with Gasteiger partial charge in [-0.3, -0.25) is 0 Å². The number of imidazole rings is 2. The van der Waals surface area contributed by atoms with E-state index in [9.17, 15) is 0 Å². The first kappa shape index (κ1) is 22.1. The van der Waals surface area contributed by atoms with E-state index < -0.39 is 0 Å². The van der Waals surface area contributed by atoms with E-state index in [2.05, 4.69) is 79.5 Å². The number of piperidine rings is 1. The molecule has 2 aliphatic heterocycles. The molecule has 4 N–H and O–H groups in total. The van der Waals surface area contributed by atoms with Crippen LogP contribution >= 0.6 is 15.9 Å². The van der Waals surface area contributed by atoms with Crippen molar-refractivity contribution in [3.8, 4) is 0 Å². The highest BCUT2D eigenvalue weighted by atomic mass is 79.9. The van der Waals surface area contributed by atoms with Crippen molar-refractivity contribution >= 4 is 50.2 Å². The SMILES string of the molecule is Brc1cc(Nc2nc(N3CCc4nc[nH]c4C3)c3[nH]cnc3n2)ccc1NC1CCN(C2CC2)CC1. The van der Waals surface area contributed by atoms with Crippen molar-refractivity contribution in [2.75, 3.05) is 35.2 Å². The standard InChI is InChI=1S/C25H29BrN10/c26-18-11-16(1-4-19(18)31-15-5-8-35(9-6-15)17-2-3-17)32-25-33-23-22(29-14-30-23)24(34-25)36-10-7-20-21(12-36)28-13-27-20/h1,4,11,13-15,17,31H,2-3,5-10,12H2,(H,27,28)(H2,29,30,32,33,34). The topological polar surface area (TPSA) is 114 Å². The van der Waals surface area contributed by atoms with Gasteiger partial charge in [0.05, 0.1) is 30.6 Å². The first-order chi connectivity index (χ1) is 17.7. The first-order valence-electron chi connectivity index (χ1n) is 12.7. The van der Waals surface area contributed by atoms with Crippen LogP contribution in [0, 0.1) is 0 Å². The molecule has 0 amide bonds. The van der Waals surface area contributed by atoms with Gasteiger partial charge < -0.3 is 30.4 Å². The van der Waals surface area contributed by atoms with Gasteiger partial charge in [0.15, 0.2) is 11.5 Å². The summed E-state index contributed by atoms with van der Waals surface area (Å²) in [6, 6.07) is 7.66. The highest BCUT2D eigenvalue weighted by molar-refractivity contribution is 9.10. The van der Waals surface area contributed by atoms with Gasteiger partial charge in [-0.25, -0.2) is 9.97 Å². The fourth-order valence-corrected chi connectivity index (χ4v) is 5.90. The van der Waals surface area contributed by atoms with E-state index in [0.717, 1.165) is 64.1 Å². The van der Waals surface area contributed by atoms with Gasteiger partial charge in [0.2, 0.25) is 5.95 Å². The van der Waals surface area contributed by atoms with Crippen molar-refractivity contribution in [3.05, 3.63) is 46.7 Å². The predicted octanol–water partition coefficient (Wildman–Crippen LogP) is 4.18. The molecule has 1 aliphatic carbocycles. The lowest BCUT2D eigenvalue weighted by molar-refractivity contribution is 0.210. The van der Waals surface area contributed by atoms with Gasteiger partial charge in [-0.1, -0.05) is 0 Å². The molecule has 4 aromatic rings. The van der Waals surface area contributed by atoms with E-state index in [4.69, 9.17) is 4.98 Å². The Hall–Kier alpha value is -3.18. The Morgan fingerprint density at radius 3 is 2.67 bits per heavy atom. The van der Waals surface area contributed by atoms with Crippen molar-refractivity contribution in [2.45, 2.75) is 50.7 Å². The summed E-state index contributed by atoms with van der Waals surface area (Å²) in [6.45, 7) is 3.97. The number of likely N-dealkylation sites (tertiary alicyclic amines) is 1. The summed E-state index contributed by atoms with van der Waals surface area (Å²) in [5.41, 5.74) is 5.80. The van der Waals surface area contributed by atoms with Gasteiger partial charge in [0.1, 0.15) is 5.52 Å². The zero-order chi connectivity index (χ0) is 24.1. The lowest BCUT2D eigenvalue weighted by Crippen LogP contribution is -2.40. The molecular weight excluding hydrogens is 520 g/mol. The molecule has 1 saturated heterocycles. The molecule has 5 heterocycles. The molecule has 3 aliphatic rings. The number of aromatic nitrogens is 6. The van der Waals surface area contributed by atoms with Crippen LogP contribution in [0.3, 0.4) is 0 Å². The summed E-state index contributed by atoms with van der Waals surface area (Å²) >= 11 is 3.77. The molecule has 7 rings (SSSR count). The summed E-state index contributed by atoms with van der Waals surface area (Å²) in [5, 5.41) is 7.13. The Labute approximate surface area is 217 Å². The summed E-state index contributed by atoms with van der Waals surface area (Å²) in [4.78, 5) is 29.7. The third-order valence-corrected chi connectivity index (χ3v) is 8.17. The van der Waals surface area contributed by atoms with Crippen LogP contribution < -0.4 is 15.5 Å². The fraction of sp³-hybridized carbons (Fsp3) is 0.440. The highest BCUT2D eigenvalue weighted by Gasteiger charge is 2.31. The van der Waals surface area contributed by atoms with Gasteiger partial charge in [0.25, 0.3) is 0 Å². The minimum absolute atomic E-state index is 0.517. The van der Waals surface area contributed by atoms with E-state index in [-0.39, 0.29) is 0 Å². The third-order valence-electron chi connectivity index (χ3n) is 7.52. The number of benzene rings is 1. The number of H-pyrrole nitrogens is 2. The second kappa shape index (κ2) is 9.04. The van der Waals surface area contributed by atoms with Crippen LogP contribution in [-0.2, 0) is 13.0 Å².